The molecule has 0 bridgehead atoms. The fraction of sp³-hybridized carbons (Fsp3) is 0.500. The average molecular weight is 249 g/mol. The van der Waals surface area contributed by atoms with Gasteiger partial charge in [0.05, 0.1) is 11.3 Å². The van der Waals surface area contributed by atoms with Gasteiger partial charge in [-0.3, -0.25) is 0 Å². The molecule has 96 valence electrons. The van der Waals surface area contributed by atoms with Crippen LogP contribution in [0.15, 0.2) is 18.2 Å². The van der Waals surface area contributed by atoms with Crippen LogP contribution in [0.1, 0.15) is 36.0 Å². The van der Waals surface area contributed by atoms with Gasteiger partial charge in [0, 0.05) is 18.5 Å². The lowest BCUT2D eigenvalue weighted by Gasteiger charge is -2.50. The summed E-state index contributed by atoms with van der Waals surface area (Å²) in [6.45, 7) is 1.74. The largest absolute Gasteiger partial charge is 0.478 e. The van der Waals surface area contributed by atoms with Crippen molar-refractivity contribution in [2.24, 2.45) is 5.41 Å². The van der Waals surface area contributed by atoms with E-state index in [4.69, 9.17) is 5.11 Å². The molecule has 1 saturated heterocycles. The van der Waals surface area contributed by atoms with E-state index in [0.717, 1.165) is 13.1 Å². The topological polar surface area (TPSA) is 40.5 Å². The third kappa shape index (κ3) is 1.76. The fourth-order valence-corrected chi connectivity index (χ4v) is 3.32. The van der Waals surface area contributed by atoms with Gasteiger partial charge in [-0.15, -0.1) is 0 Å². The summed E-state index contributed by atoms with van der Waals surface area (Å²) in [5, 5.41) is 9.13. The van der Waals surface area contributed by atoms with Gasteiger partial charge in [0.2, 0.25) is 0 Å². The molecule has 1 aliphatic heterocycles. The second-order valence-corrected chi connectivity index (χ2v) is 5.53. The van der Waals surface area contributed by atoms with Crippen molar-refractivity contribution >= 4 is 11.7 Å². The first kappa shape index (κ1) is 11.5. The summed E-state index contributed by atoms with van der Waals surface area (Å²) in [5.41, 5.74) is 1.10. The molecule has 1 aromatic carbocycles. The van der Waals surface area contributed by atoms with Gasteiger partial charge < -0.3 is 10.0 Å². The van der Waals surface area contributed by atoms with Gasteiger partial charge in [0.15, 0.2) is 0 Å². The SMILES string of the molecule is O=C(O)c1ccc(F)cc1N1CC2(CCCC2)C1. The maximum atomic E-state index is 13.3. The number of carboxylic acids is 1. The molecule has 2 fully saturated rings. The number of anilines is 1. The lowest BCUT2D eigenvalue weighted by molar-refractivity contribution is 0.0696. The minimum absolute atomic E-state index is 0.198. The predicted octanol–water partition coefficient (Wildman–Crippen LogP) is 2.90. The van der Waals surface area contributed by atoms with E-state index in [-0.39, 0.29) is 11.4 Å². The van der Waals surface area contributed by atoms with Gasteiger partial charge in [0.1, 0.15) is 5.82 Å². The van der Waals surface area contributed by atoms with E-state index in [1.807, 2.05) is 4.90 Å². The van der Waals surface area contributed by atoms with Crippen molar-refractivity contribution in [1.29, 1.82) is 0 Å². The van der Waals surface area contributed by atoms with Gasteiger partial charge in [-0.25, -0.2) is 9.18 Å². The number of aromatic carboxylic acids is 1. The zero-order chi connectivity index (χ0) is 12.8. The zero-order valence-corrected chi connectivity index (χ0v) is 10.2. The monoisotopic (exact) mass is 249 g/mol. The van der Waals surface area contributed by atoms with Crippen molar-refractivity contribution in [3.8, 4) is 0 Å². The third-order valence-electron chi connectivity index (χ3n) is 4.25. The second-order valence-electron chi connectivity index (χ2n) is 5.53. The highest BCUT2D eigenvalue weighted by Gasteiger charge is 2.45. The molecule has 0 atom stereocenters. The zero-order valence-electron chi connectivity index (χ0n) is 10.2. The molecular weight excluding hydrogens is 233 g/mol. The fourth-order valence-electron chi connectivity index (χ4n) is 3.32. The van der Waals surface area contributed by atoms with Gasteiger partial charge in [-0.1, -0.05) is 12.8 Å². The van der Waals surface area contributed by atoms with Crippen LogP contribution in [0.2, 0.25) is 0 Å². The lowest BCUT2D eigenvalue weighted by Crippen LogP contribution is -2.55. The van der Waals surface area contributed by atoms with Crippen LogP contribution in [0.5, 0.6) is 0 Å². The van der Waals surface area contributed by atoms with Crippen molar-refractivity contribution in [3.63, 3.8) is 0 Å². The quantitative estimate of drug-likeness (QED) is 0.876. The number of hydrogen-bond acceptors (Lipinski definition) is 2. The van der Waals surface area contributed by atoms with E-state index >= 15 is 0 Å². The Labute approximate surface area is 105 Å². The first-order valence-electron chi connectivity index (χ1n) is 6.38. The second kappa shape index (κ2) is 3.97. The van der Waals surface area contributed by atoms with Crippen molar-refractivity contribution in [3.05, 3.63) is 29.6 Å². The van der Waals surface area contributed by atoms with Crippen LogP contribution in [0.4, 0.5) is 10.1 Å². The highest BCUT2D eigenvalue weighted by atomic mass is 19.1. The molecule has 0 unspecified atom stereocenters. The molecule has 2 aliphatic rings. The van der Waals surface area contributed by atoms with Crippen molar-refractivity contribution in [2.45, 2.75) is 25.7 Å². The number of halogens is 1. The first-order valence-corrected chi connectivity index (χ1v) is 6.38. The van der Waals surface area contributed by atoms with Crippen LogP contribution in [0.3, 0.4) is 0 Å². The molecule has 0 radical (unpaired) electrons. The van der Waals surface area contributed by atoms with Crippen LogP contribution < -0.4 is 4.90 Å². The molecule has 0 aromatic heterocycles. The van der Waals surface area contributed by atoms with Crippen LogP contribution in [-0.2, 0) is 0 Å². The van der Waals surface area contributed by atoms with E-state index in [9.17, 15) is 9.18 Å². The third-order valence-corrected chi connectivity index (χ3v) is 4.25. The molecule has 4 heteroatoms. The first-order chi connectivity index (χ1) is 8.60. The number of carboxylic acid groups (broad SMARTS) is 1. The van der Waals surface area contributed by atoms with Crippen LogP contribution >= 0.6 is 0 Å². The van der Waals surface area contributed by atoms with E-state index < -0.39 is 5.97 Å². The number of rotatable bonds is 2. The van der Waals surface area contributed by atoms with E-state index in [2.05, 4.69) is 0 Å². The average Bonchev–Trinajstić information content (AvgIpc) is 2.75. The Bertz CT molecular complexity index is 487. The Kier molecular flexibility index (Phi) is 2.54. The summed E-state index contributed by atoms with van der Waals surface area (Å²) in [6, 6.07) is 3.90. The smallest absolute Gasteiger partial charge is 0.337 e. The summed E-state index contributed by atoms with van der Waals surface area (Å²) >= 11 is 0. The lowest BCUT2D eigenvalue weighted by atomic mass is 9.78. The van der Waals surface area contributed by atoms with Gasteiger partial charge >= 0.3 is 5.97 Å². The molecule has 1 heterocycles. The highest BCUT2D eigenvalue weighted by Crippen LogP contribution is 2.47. The minimum atomic E-state index is -0.989. The Hall–Kier alpha value is -1.58. The van der Waals surface area contributed by atoms with Gasteiger partial charge in [-0.05, 0) is 31.0 Å². The minimum Gasteiger partial charge on any atom is -0.478 e. The van der Waals surface area contributed by atoms with Crippen LogP contribution in [-0.4, -0.2) is 24.2 Å². The molecule has 1 saturated carbocycles. The van der Waals surface area contributed by atoms with E-state index in [0.29, 0.717) is 11.1 Å². The number of nitrogens with zero attached hydrogens (tertiary/aromatic N) is 1. The Morgan fingerprint density at radius 3 is 2.56 bits per heavy atom. The molecule has 1 N–H and O–H groups in total. The molecule has 1 aromatic rings. The number of hydrogen-bond donors (Lipinski definition) is 1. The maximum absolute atomic E-state index is 13.3. The Morgan fingerprint density at radius 2 is 1.94 bits per heavy atom. The van der Waals surface area contributed by atoms with Crippen molar-refractivity contribution in [1.82, 2.24) is 0 Å². The molecular formula is C14H16FNO2. The molecule has 1 aliphatic carbocycles. The van der Waals surface area contributed by atoms with Crippen molar-refractivity contribution in [2.75, 3.05) is 18.0 Å². The Morgan fingerprint density at radius 1 is 1.28 bits per heavy atom. The number of carbonyl (C=O) groups is 1. The highest BCUT2D eigenvalue weighted by molar-refractivity contribution is 5.94. The molecule has 0 amide bonds. The molecule has 1 spiro atoms. The summed E-state index contributed by atoms with van der Waals surface area (Å²) in [5.74, 6) is -1.36. The van der Waals surface area contributed by atoms with E-state index in [1.54, 1.807) is 0 Å². The standard InChI is InChI=1S/C14H16FNO2/c15-10-3-4-11(13(17)18)12(7-10)16-8-14(9-16)5-1-2-6-14/h3-4,7H,1-2,5-6,8-9H2,(H,17,18). The van der Waals surface area contributed by atoms with Crippen LogP contribution in [0, 0.1) is 11.2 Å². The van der Waals surface area contributed by atoms with E-state index in [1.165, 1.54) is 43.9 Å². The molecule has 18 heavy (non-hydrogen) atoms. The van der Waals surface area contributed by atoms with Gasteiger partial charge in [0.25, 0.3) is 0 Å². The molecule has 3 nitrogen and oxygen atoms in total. The van der Waals surface area contributed by atoms with Crippen molar-refractivity contribution < 1.29 is 14.3 Å². The Balaban J connectivity index is 1.85. The van der Waals surface area contributed by atoms with Crippen LogP contribution in [0.25, 0.3) is 0 Å². The summed E-state index contributed by atoms with van der Waals surface area (Å²) < 4.78 is 13.3. The summed E-state index contributed by atoms with van der Waals surface area (Å²) in [7, 11) is 0. The predicted molar refractivity (Wildman–Crippen MR) is 66.5 cm³/mol. The molecule has 3 rings (SSSR count). The van der Waals surface area contributed by atoms with Gasteiger partial charge in [-0.2, -0.15) is 0 Å². The maximum Gasteiger partial charge on any atom is 0.337 e. The normalized spacial score (nSPS) is 21.1. The summed E-state index contributed by atoms with van der Waals surface area (Å²) in [6.07, 6.45) is 4.98. The number of benzene rings is 1. The summed E-state index contributed by atoms with van der Waals surface area (Å²) in [4.78, 5) is 13.1.